The van der Waals surface area contributed by atoms with E-state index in [0.717, 1.165) is 64.6 Å². The highest BCUT2D eigenvalue weighted by molar-refractivity contribution is 5.91. The molecule has 1 fully saturated rings. The predicted molar refractivity (Wildman–Crippen MR) is 94.4 cm³/mol. The maximum Gasteiger partial charge on any atom is 0.271 e. The number of carbonyl (C=O) groups excluding carboxylic acids is 1. The number of aromatic nitrogens is 2. The molecule has 0 saturated carbocycles. The first-order valence-electron chi connectivity index (χ1n) is 8.89. The molecule has 0 aromatic carbocycles. The third-order valence-corrected chi connectivity index (χ3v) is 4.00. The van der Waals surface area contributed by atoms with Gasteiger partial charge in [0.1, 0.15) is 11.5 Å². The number of carbonyl (C=O) groups is 1. The van der Waals surface area contributed by atoms with Crippen molar-refractivity contribution in [1.29, 1.82) is 0 Å². The van der Waals surface area contributed by atoms with E-state index in [1.807, 2.05) is 0 Å². The van der Waals surface area contributed by atoms with Gasteiger partial charge < -0.3 is 15.0 Å². The van der Waals surface area contributed by atoms with Crippen molar-refractivity contribution in [3.63, 3.8) is 0 Å². The van der Waals surface area contributed by atoms with Crippen LogP contribution in [0.25, 0.3) is 0 Å². The standard InChI is InChI=1S/C17H29N5O2/c1-3-6-22(7-4-2)16-14-19-15(13-20-16)17(23)18-5-8-21-9-11-24-12-10-21/h13-14H,3-12H2,1-2H3,(H,18,23). The summed E-state index contributed by atoms with van der Waals surface area (Å²) >= 11 is 0. The number of hydrogen-bond donors (Lipinski definition) is 1. The zero-order chi connectivity index (χ0) is 17.2. The monoisotopic (exact) mass is 335 g/mol. The van der Waals surface area contributed by atoms with E-state index in [9.17, 15) is 4.79 Å². The van der Waals surface area contributed by atoms with Crippen LogP contribution in [0.4, 0.5) is 5.82 Å². The Bertz CT molecular complexity index is 482. The van der Waals surface area contributed by atoms with E-state index in [0.29, 0.717) is 12.2 Å². The second-order valence-corrected chi connectivity index (χ2v) is 5.96. The highest BCUT2D eigenvalue weighted by Crippen LogP contribution is 2.10. The van der Waals surface area contributed by atoms with Crippen molar-refractivity contribution in [2.24, 2.45) is 0 Å². The van der Waals surface area contributed by atoms with Crippen LogP contribution in [-0.4, -0.2) is 73.3 Å². The van der Waals surface area contributed by atoms with Crippen LogP contribution < -0.4 is 10.2 Å². The number of anilines is 1. The normalized spacial score (nSPS) is 15.2. The van der Waals surface area contributed by atoms with E-state index in [2.05, 4.69) is 38.9 Å². The maximum atomic E-state index is 12.1. The minimum absolute atomic E-state index is 0.167. The number of hydrogen-bond acceptors (Lipinski definition) is 6. The molecule has 1 saturated heterocycles. The largest absolute Gasteiger partial charge is 0.379 e. The van der Waals surface area contributed by atoms with Crippen LogP contribution in [0.3, 0.4) is 0 Å². The predicted octanol–water partition coefficient (Wildman–Crippen LogP) is 1.17. The Morgan fingerprint density at radius 1 is 1.21 bits per heavy atom. The second kappa shape index (κ2) is 10.2. The smallest absolute Gasteiger partial charge is 0.271 e. The molecule has 2 heterocycles. The minimum Gasteiger partial charge on any atom is -0.379 e. The fraction of sp³-hybridized carbons (Fsp3) is 0.706. The van der Waals surface area contributed by atoms with E-state index in [4.69, 9.17) is 4.74 Å². The molecule has 7 nitrogen and oxygen atoms in total. The van der Waals surface area contributed by atoms with E-state index >= 15 is 0 Å². The van der Waals surface area contributed by atoms with Crippen LogP contribution in [0.1, 0.15) is 37.2 Å². The molecule has 7 heteroatoms. The molecule has 1 amide bonds. The molecular formula is C17H29N5O2. The van der Waals surface area contributed by atoms with Crippen molar-refractivity contribution in [2.75, 3.05) is 57.4 Å². The quantitative estimate of drug-likeness (QED) is 0.730. The molecule has 0 spiro atoms. The molecule has 1 aliphatic rings. The van der Waals surface area contributed by atoms with Crippen LogP contribution in [0.2, 0.25) is 0 Å². The van der Waals surface area contributed by atoms with Crippen molar-refractivity contribution >= 4 is 11.7 Å². The van der Waals surface area contributed by atoms with E-state index in [1.165, 1.54) is 0 Å². The average Bonchev–Trinajstić information content (AvgIpc) is 2.62. The molecule has 1 aromatic rings. The molecule has 1 aromatic heterocycles. The molecule has 0 atom stereocenters. The summed E-state index contributed by atoms with van der Waals surface area (Å²) in [6.45, 7) is 11.0. The number of morpholine rings is 1. The molecule has 2 rings (SSSR count). The van der Waals surface area contributed by atoms with E-state index < -0.39 is 0 Å². The first-order chi connectivity index (χ1) is 11.7. The van der Waals surface area contributed by atoms with Crippen LogP contribution in [-0.2, 0) is 4.74 Å². The summed E-state index contributed by atoms with van der Waals surface area (Å²) < 4.78 is 5.31. The number of ether oxygens (including phenoxy) is 1. The summed E-state index contributed by atoms with van der Waals surface area (Å²) in [5, 5.41) is 2.91. The number of nitrogens with one attached hydrogen (secondary N) is 1. The zero-order valence-electron chi connectivity index (χ0n) is 14.8. The number of amides is 1. The Kier molecular flexibility index (Phi) is 7.91. The summed E-state index contributed by atoms with van der Waals surface area (Å²) in [6.07, 6.45) is 5.39. The first-order valence-corrected chi connectivity index (χ1v) is 8.89. The summed E-state index contributed by atoms with van der Waals surface area (Å²) in [5.74, 6) is 0.670. The lowest BCUT2D eigenvalue weighted by Crippen LogP contribution is -2.41. The Labute approximate surface area is 144 Å². The van der Waals surface area contributed by atoms with Gasteiger partial charge in [0.05, 0.1) is 25.6 Å². The Morgan fingerprint density at radius 2 is 1.92 bits per heavy atom. The highest BCUT2D eigenvalue weighted by atomic mass is 16.5. The van der Waals surface area contributed by atoms with Gasteiger partial charge in [-0.2, -0.15) is 0 Å². The van der Waals surface area contributed by atoms with Crippen LogP contribution in [0.5, 0.6) is 0 Å². The average molecular weight is 335 g/mol. The zero-order valence-corrected chi connectivity index (χ0v) is 14.8. The molecule has 0 aliphatic carbocycles. The molecule has 1 N–H and O–H groups in total. The summed E-state index contributed by atoms with van der Waals surface area (Å²) in [5.41, 5.74) is 0.369. The minimum atomic E-state index is -0.167. The van der Waals surface area contributed by atoms with Crippen LogP contribution in [0, 0.1) is 0 Å². The summed E-state index contributed by atoms with van der Waals surface area (Å²) in [7, 11) is 0. The molecule has 0 bridgehead atoms. The lowest BCUT2D eigenvalue weighted by atomic mass is 10.3. The van der Waals surface area contributed by atoms with Crippen LogP contribution >= 0.6 is 0 Å². The van der Waals surface area contributed by atoms with E-state index in [-0.39, 0.29) is 5.91 Å². The summed E-state index contributed by atoms with van der Waals surface area (Å²) in [4.78, 5) is 25.3. The van der Waals surface area contributed by atoms with Gasteiger partial charge in [-0.1, -0.05) is 13.8 Å². The van der Waals surface area contributed by atoms with Crippen molar-refractivity contribution in [1.82, 2.24) is 20.2 Å². The maximum absolute atomic E-state index is 12.1. The first kappa shape index (κ1) is 18.6. The molecule has 134 valence electrons. The summed E-state index contributed by atoms with van der Waals surface area (Å²) in [6, 6.07) is 0. The van der Waals surface area contributed by atoms with Gasteiger partial charge in [-0.3, -0.25) is 9.69 Å². The Balaban J connectivity index is 1.81. The van der Waals surface area contributed by atoms with Crippen LogP contribution in [0.15, 0.2) is 12.4 Å². The lowest BCUT2D eigenvalue weighted by molar-refractivity contribution is 0.0383. The molecular weight excluding hydrogens is 306 g/mol. The van der Waals surface area contributed by atoms with Crippen molar-refractivity contribution < 1.29 is 9.53 Å². The van der Waals surface area contributed by atoms with Crippen molar-refractivity contribution in [2.45, 2.75) is 26.7 Å². The number of rotatable bonds is 9. The second-order valence-electron chi connectivity index (χ2n) is 5.96. The van der Waals surface area contributed by atoms with Gasteiger partial charge >= 0.3 is 0 Å². The SMILES string of the molecule is CCCN(CCC)c1cnc(C(=O)NCCN2CCOCC2)cn1. The number of nitrogens with zero attached hydrogens (tertiary/aromatic N) is 4. The van der Waals surface area contributed by atoms with Gasteiger partial charge in [0, 0.05) is 39.3 Å². The van der Waals surface area contributed by atoms with Crippen molar-refractivity contribution in [3.8, 4) is 0 Å². The van der Waals surface area contributed by atoms with Gasteiger partial charge in [0.15, 0.2) is 0 Å². The third kappa shape index (κ3) is 5.72. The Hall–Kier alpha value is -1.73. The fourth-order valence-corrected chi connectivity index (χ4v) is 2.73. The topological polar surface area (TPSA) is 70.6 Å². The van der Waals surface area contributed by atoms with Gasteiger partial charge in [-0.15, -0.1) is 0 Å². The lowest BCUT2D eigenvalue weighted by Gasteiger charge is -2.26. The Morgan fingerprint density at radius 3 is 2.50 bits per heavy atom. The van der Waals surface area contributed by atoms with Gasteiger partial charge in [0.25, 0.3) is 5.91 Å². The van der Waals surface area contributed by atoms with Gasteiger partial charge in [-0.05, 0) is 12.8 Å². The molecule has 0 unspecified atom stereocenters. The highest BCUT2D eigenvalue weighted by Gasteiger charge is 2.13. The van der Waals surface area contributed by atoms with Gasteiger partial charge in [-0.25, -0.2) is 9.97 Å². The molecule has 1 aliphatic heterocycles. The molecule has 24 heavy (non-hydrogen) atoms. The van der Waals surface area contributed by atoms with E-state index in [1.54, 1.807) is 12.4 Å². The van der Waals surface area contributed by atoms with Crippen molar-refractivity contribution in [3.05, 3.63) is 18.1 Å². The fourth-order valence-electron chi connectivity index (χ4n) is 2.73. The van der Waals surface area contributed by atoms with Gasteiger partial charge in [0.2, 0.25) is 0 Å². The molecule has 0 radical (unpaired) electrons. The third-order valence-electron chi connectivity index (χ3n) is 4.00.